The summed E-state index contributed by atoms with van der Waals surface area (Å²) in [6, 6.07) is 18.3. The van der Waals surface area contributed by atoms with Crippen LogP contribution in [0.1, 0.15) is 23.8 Å². The maximum atomic E-state index is 12.9. The van der Waals surface area contributed by atoms with Gasteiger partial charge >= 0.3 is 5.97 Å². The number of carbonyl (C=O) groups excluding carboxylic acids is 1. The average molecular weight is 350 g/mol. The topological polar surface area (TPSA) is 34.5 Å². The zero-order chi connectivity index (χ0) is 18.5. The zero-order valence-corrected chi connectivity index (χ0v) is 15.7. The number of fused-ring (bicyclic) bond motifs is 1. The normalized spacial score (nSPS) is 11.2. The molecule has 0 aliphatic carbocycles. The van der Waals surface area contributed by atoms with Gasteiger partial charge in [-0.25, -0.2) is 4.79 Å². The lowest BCUT2D eigenvalue weighted by molar-refractivity contribution is 0.0515. The number of benzene rings is 2. The molecule has 0 aliphatic heterocycles. The quantitative estimate of drug-likeness (QED) is 0.591. The lowest BCUT2D eigenvalue weighted by atomic mass is 10.0. The molecule has 3 rings (SSSR count). The number of para-hydroxylation sites is 1. The van der Waals surface area contributed by atoms with Crippen LogP contribution in [0.25, 0.3) is 22.0 Å². The Morgan fingerprint density at radius 3 is 2.42 bits per heavy atom. The molecule has 136 valence electrons. The third-order valence-electron chi connectivity index (χ3n) is 4.49. The van der Waals surface area contributed by atoms with E-state index in [1.165, 1.54) is 0 Å². The van der Waals surface area contributed by atoms with Gasteiger partial charge in [0.05, 0.1) is 6.61 Å². The summed E-state index contributed by atoms with van der Waals surface area (Å²) in [5.74, 6) is -0.257. The van der Waals surface area contributed by atoms with Gasteiger partial charge in [-0.1, -0.05) is 48.5 Å². The first-order valence-corrected chi connectivity index (χ1v) is 9.12. The van der Waals surface area contributed by atoms with Crippen LogP contribution < -0.4 is 0 Å². The Hall–Kier alpha value is -2.59. The monoisotopic (exact) mass is 350 g/mol. The molecule has 1 aromatic heterocycles. The fraction of sp³-hybridized carbons (Fsp3) is 0.318. The third-order valence-corrected chi connectivity index (χ3v) is 4.49. The van der Waals surface area contributed by atoms with E-state index in [1.807, 2.05) is 37.3 Å². The molecule has 0 atom stereocenters. The van der Waals surface area contributed by atoms with Crippen LogP contribution in [0, 0.1) is 0 Å². The Labute approximate surface area is 155 Å². The standard InChI is InChI=1S/C22H26N2O2/c1-4-26-22(25)21-20(17-11-6-5-7-12-17)18-13-8-9-14-19(18)24(21)16-10-15-23(2)3/h5-9,11-14H,4,10,15-16H2,1-3H3. The van der Waals surface area contributed by atoms with Crippen molar-refractivity contribution in [3.8, 4) is 11.1 Å². The molecule has 0 N–H and O–H groups in total. The highest BCUT2D eigenvalue weighted by Gasteiger charge is 2.24. The Morgan fingerprint density at radius 1 is 1.04 bits per heavy atom. The number of nitrogens with zero attached hydrogens (tertiary/aromatic N) is 2. The summed E-state index contributed by atoms with van der Waals surface area (Å²) in [4.78, 5) is 15.0. The molecule has 4 nitrogen and oxygen atoms in total. The molecule has 0 unspecified atom stereocenters. The van der Waals surface area contributed by atoms with Crippen molar-refractivity contribution in [2.45, 2.75) is 19.9 Å². The van der Waals surface area contributed by atoms with Crippen LogP contribution in [0.2, 0.25) is 0 Å². The largest absolute Gasteiger partial charge is 0.461 e. The molecule has 0 saturated carbocycles. The van der Waals surface area contributed by atoms with Gasteiger partial charge in [0.1, 0.15) is 5.69 Å². The molecule has 1 heterocycles. The number of carbonyl (C=O) groups is 1. The Bertz CT molecular complexity index is 882. The third kappa shape index (κ3) is 3.65. The molecule has 0 fully saturated rings. The number of esters is 1. The predicted molar refractivity (Wildman–Crippen MR) is 107 cm³/mol. The lowest BCUT2D eigenvalue weighted by Gasteiger charge is -2.14. The van der Waals surface area contributed by atoms with Gasteiger partial charge in [0.15, 0.2) is 0 Å². The van der Waals surface area contributed by atoms with Crippen molar-refractivity contribution in [1.82, 2.24) is 9.47 Å². The highest BCUT2D eigenvalue weighted by atomic mass is 16.5. The fourth-order valence-electron chi connectivity index (χ4n) is 3.39. The van der Waals surface area contributed by atoms with Crippen LogP contribution in [0.15, 0.2) is 54.6 Å². The second-order valence-electron chi connectivity index (χ2n) is 6.64. The SMILES string of the molecule is CCOC(=O)c1c(-c2ccccc2)c2ccccc2n1CCCN(C)C. The summed E-state index contributed by atoms with van der Waals surface area (Å²) in [5, 5.41) is 1.09. The first kappa shape index (κ1) is 18.2. The second kappa shape index (κ2) is 8.19. The summed E-state index contributed by atoms with van der Waals surface area (Å²) in [6.07, 6.45) is 0.965. The van der Waals surface area contributed by atoms with Gasteiger partial charge in [-0.2, -0.15) is 0 Å². The van der Waals surface area contributed by atoms with Gasteiger partial charge in [-0.3, -0.25) is 0 Å². The summed E-state index contributed by atoms with van der Waals surface area (Å²) < 4.78 is 7.54. The van der Waals surface area contributed by atoms with E-state index in [2.05, 4.69) is 47.8 Å². The highest BCUT2D eigenvalue weighted by Crippen LogP contribution is 2.35. The number of hydrogen-bond acceptors (Lipinski definition) is 3. The maximum Gasteiger partial charge on any atom is 0.355 e. The van der Waals surface area contributed by atoms with Gasteiger partial charge in [0, 0.05) is 23.0 Å². The molecule has 0 radical (unpaired) electrons. The summed E-state index contributed by atoms with van der Waals surface area (Å²) >= 11 is 0. The average Bonchev–Trinajstić information content (AvgIpc) is 2.97. The Kier molecular flexibility index (Phi) is 5.74. The Balaban J connectivity index is 2.20. The molecule has 0 saturated heterocycles. The van der Waals surface area contributed by atoms with E-state index in [9.17, 15) is 4.79 Å². The minimum atomic E-state index is -0.257. The molecular weight excluding hydrogens is 324 g/mol. The predicted octanol–water partition coefficient (Wildman–Crippen LogP) is 4.44. The second-order valence-corrected chi connectivity index (χ2v) is 6.64. The maximum absolute atomic E-state index is 12.9. The minimum absolute atomic E-state index is 0.257. The molecule has 0 bridgehead atoms. The van der Waals surface area contributed by atoms with Crippen molar-refractivity contribution in [3.63, 3.8) is 0 Å². The summed E-state index contributed by atoms with van der Waals surface area (Å²) in [5.41, 5.74) is 3.73. The van der Waals surface area contributed by atoms with E-state index in [4.69, 9.17) is 4.74 Å². The zero-order valence-electron chi connectivity index (χ0n) is 15.7. The van der Waals surface area contributed by atoms with Crippen molar-refractivity contribution < 1.29 is 9.53 Å². The van der Waals surface area contributed by atoms with Gasteiger partial charge in [0.25, 0.3) is 0 Å². The van der Waals surface area contributed by atoms with E-state index < -0.39 is 0 Å². The molecular formula is C22H26N2O2. The van der Waals surface area contributed by atoms with Gasteiger partial charge in [0.2, 0.25) is 0 Å². The van der Waals surface area contributed by atoms with Crippen LogP contribution in [0.5, 0.6) is 0 Å². The smallest absolute Gasteiger partial charge is 0.355 e. The van der Waals surface area contributed by atoms with Gasteiger partial charge < -0.3 is 14.2 Å². The summed E-state index contributed by atoms with van der Waals surface area (Å²) in [7, 11) is 4.13. The van der Waals surface area contributed by atoms with Crippen LogP contribution in [-0.2, 0) is 11.3 Å². The number of rotatable bonds is 7. The van der Waals surface area contributed by atoms with Crippen LogP contribution in [0.3, 0.4) is 0 Å². The molecule has 3 aromatic rings. The lowest BCUT2D eigenvalue weighted by Crippen LogP contribution is -2.18. The Morgan fingerprint density at radius 2 is 1.73 bits per heavy atom. The van der Waals surface area contributed by atoms with Crippen LogP contribution >= 0.6 is 0 Å². The van der Waals surface area contributed by atoms with Gasteiger partial charge in [-0.05, 0) is 45.6 Å². The highest BCUT2D eigenvalue weighted by molar-refractivity contribution is 6.08. The number of aromatic nitrogens is 1. The molecule has 0 aliphatic rings. The number of aryl methyl sites for hydroxylation is 1. The molecule has 0 spiro atoms. The van der Waals surface area contributed by atoms with E-state index in [-0.39, 0.29) is 5.97 Å². The van der Waals surface area contributed by atoms with Crippen molar-refractivity contribution >= 4 is 16.9 Å². The van der Waals surface area contributed by atoms with E-state index in [0.717, 1.165) is 41.5 Å². The van der Waals surface area contributed by atoms with Crippen molar-refractivity contribution in [2.24, 2.45) is 0 Å². The number of ether oxygens (including phenoxy) is 1. The number of hydrogen-bond donors (Lipinski definition) is 0. The van der Waals surface area contributed by atoms with Crippen molar-refractivity contribution in [1.29, 1.82) is 0 Å². The van der Waals surface area contributed by atoms with E-state index >= 15 is 0 Å². The van der Waals surface area contributed by atoms with E-state index in [1.54, 1.807) is 0 Å². The molecule has 2 aromatic carbocycles. The minimum Gasteiger partial charge on any atom is -0.461 e. The molecule has 26 heavy (non-hydrogen) atoms. The van der Waals surface area contributed by atoms with Crippen LogP contribution in [0.4, 0.5) is 0 Å². The molecule has 0 amide bonds. The fourth-order valence-corrected chi connectivity index (χ4v) is 3.39. The van der Waals surface area contributed by atoms with E-state index in [0.29, 0.717) is 12.3 Å². The van der Waals surface area contributed by atoms with Gasteiger partial charge in [-0.15, -0.1) is 0 Å². The first-order chi connectivity index (χ1) is 12.6. The van der Waals surface area contributed by atoms with Crippen molar-refractivity contribution in [2.75, 3.05) is 27.2 Å². The summed E-state index contributed by atoms with van der Waals surface area (Å²) in [6.45, 7) is 3.96. The van der Waals surface area contributed by atoms with Crippen molar-refractivity contribution in [3.05, 3.63) is 60.3 Å². The van der Waals surface area contributed by atoms with Crippen LogP contribution in [-0.4, -0.2) is 42.7 Å². The first-order valence-electron chi connectivity index (χ1n) is 9.12. The molecule has 4 heteroatoms.